The van der Waals surface area contributed by atoms with E-state index in [2.05, 4.69) is 32.2 Å². The zero-order chi connectivity index (χ0) is 19.6. The Kier molecular flexibility index (Phi) is 9.07. The van der Waals surface area contributed by atoms with E-state index in [0.29, 0.717) is 29.0 Å². The number of benzene rings is 1. The molecule has 2 rings (SSSR count). The largest absolute Gasteiger partial charge is 0.434 e. The van der Waals surface area contributed by atoms with Gasteiger partial charge in [-0.05, 0) is 57.0 Å². The first-order chi connectivity index (χ1) is 13.0. The molecule has 0 bridgehead atoms. The predicted molar refractivity (Wildman–Crippen MR) is 106 cm³/mol. The van der Waals surface area contributed by atoms with Crippen molar-refractivity contribution < 1.29 is 13.5 Å². The second kappa shape index (κ2) is 11.3. The van der Waals surface area contributed by atoms with Gasteiger partial charge in [-0.3, -0.25) is 0 Å². The maximum absolute atomic E-state index is 12.6. The molecular formula is C19H29ClF2N4O. The molecule has 1 aromatic rings. The predicted octanol–water partition coefficient (Wildman–Crippen LogP) is 3.73. The SMILES string of the molecule is CCNC(=NCc1cc(Cl)ccc1OC(F)F)NCC1CCCN(CC)C1. The van der Waals surface area contributed by atoms with Crippen LogP contribution in [0.4, 0.5) is 8.78 Å². The molecule has 0 aliphatic carbocycles. The van der Waals surface area contributed by atoms with Crippen LogP contribution in [0.3, 0.4) is 0 Å². The molecule has 8 heteroatoms. The van der Waals surface area contributed by atoms with Crippen LogP contribution >= 0.6 is 11.6 Å². The van der Waals surface area contributed by atoms with Gasteiger partial charge >= 0.3 is 6.61 Å². The molecule has 1 saturated heterocycles. The van der Waals surface area contributed by atoms with Gasteiger partial charge in [0.1, 0.15) is 5.75 Å². The van der Waals surface area contributed by atoms with Crippen LogP contribution in [0, 0.1) is 5.92 Å². The molecule has 5 nitrogen and oxygen atoms in total. The minimum atomic E-state index is -2.88. The summed E-state index contributed by atoms with van der Waals surface area (Å²) in [6.45, 7) is 6.37. The monoisotopic (exact) mass is 402 g/mol. The number of halogens is 3. The minimum Gasteiger partial charge on any atom is -0.434 e. The van der Waals surface area contributed by atoms with Gasteiger partial charge < -0.3 is 20.3 Å². The first-order valence-corrected chi connectivity index (χ1v) is 9.87. The normalized spacial score (nSPS) is 18.6. The van der Waals surface area contributed by atoms with Crippen LogP contribution in [-0.4, -0.2) is 50.2 Å². The second-order valence-electron chi connectivity index (χ2n) is 6.61. The van der Waals surface area contributed by atoms with E-state index in [9.17, 15) is 8.78 Å². The summed E-state index contributed by atoms with van der Waals surface area (Å²) in [5.41, 5.74) is 0.523. The van der Waals surface area contributed by atoms with E-state index in [-0.39, 0.29) is 12.3 Å². The topological polar surface area (TPSA) is 48.9 Å². The van der Waals surface area contributed by atoms with Crippen molar-refractivity contribution in [1.29, 1.82) is 0 Å². The molecule has 1 fully saturated rings. The summed E-state index contributed by atoms with van der Waals surface area (Å²) in [6, 6.07) is 4.58. The van der Waals surface area contributed by atoms with Gasteiger partial charge in [-0.25, -0.2) is 4.99 Å². The zero-order valence-corrected chi connectivity index (χ0v) is 16.7. The number of ether oxygens (including phenoxy) is 1. The lowest BCUT2D eigenvalue weighted by Crippen LogP contribution is -2.44. The van der Waals surface area contributed by atoms with E-state index in [4.69, 9.17) is 11.6 Å². The molecule has 27 heavy (non-hydrogen) atoms. The molecule has 1 heterocycles. The number of likely N-dealkylation sites (tertiary alicyclic amines) is 1. The van der Waals surface area contributed by atoms with Crippen molar-refractivity contribution in [2.24, 2.45) is 10.9 Å². The van der Waals surface area contributed by atoms with Gasteiger partial charge in [0, 0.05) is 30.2 Å². The average molecular weight is 403 g/mol. The lowest BCUT2D eigenvalue weighted by Gasteiger charge is -2.32. The van der Waals surface area contributed by atoms with E-state index >= 15 is 0 Å². The molecule has 2 N–H and O–H groups in total. The third-order valence-electron chi connectivity index (χ3n) is 4.60. The van der Waals surface area contributed by atoms with Gasteiger partial charge in [-0.15, -0.1) is 0 Å². The maximum Gasteiger partial charge on any atom is 0.387 e. The molecule has 1 aliphatic rings. The third-order valence-corrected chi connectivity index (χ3v) is 4.83. The van der Waals surface area contributed by atoms with Crippen molar-refractivity contribution in [3.8, 4) is 5.75 Å². The Labute approximate surface area is 165 Å². The van der Waals surface area contributed by atoms with Crippen LogP contribution < -0.4 is 15.4 Å². The van der Waals surface area contributed by atoms with Crippen LogP contribution in [-0.2, 0) is 6.54 Å². The molecular weight excluding hydrogens is 374 g/mol. The highest BCUT2D eigenvalue weighted by molar-refractivity contribution is 6.30. The number of aliphatic imine (C=N–C) groups is 1. The smallest absolute Gasteiger partial charge is 0.387 e. The molecule has 1 unspecified atom stereocenters. The molecule has 0 spiro atoms. The molecule has 152 valence electrons. The highest BCUT2D eigenvalue weighted by Gasteiger charge is 2.18. The van der Waals surface area contributed by atoms with Crippen LogP contribution in [0.1, 0.15) is 32.3 Å². The molecule has 0 saturated carbocycles. The fourth-order valence-corrected chi connectivity index (χ4v) is 3.43. The van der Waals surface area contributed by atoms with E-state index in [1.807, 2.05) is 6.92 Å². The quantitative estimate of drug-likeness (QED) is 0.514. The molecule has 1 atom stereocenters. The number of hydrogen-bond acceptors (Lipinski definition) is 3. The highest BCUT2D eigenvalue weighted by atomic mass is 35.5. The van der Waals surface area contributed by atoms with Crippen molar-refractivity contribution in [3.63, 3.8) is 0 Å². The molecule has 0 amide bonds. The Bertz CT molecular complexity index is 615. The number of piperidine rings is 1. The van der Waals surface area contributed by atoms with Crippen LogP contribution in [0.25, 0.3) is 0 Å². The average Bonchev–Trinajstić information content (AvgIpc) is 2.65. The second-order valence-corrected chi connectivity index (χ2v) is 7.04. The van der Waals surface area contributed by atoms with Crippen LogP contribution in [0.2, 0.25) is 5.02 Å². The highest BCUT2D eigenvalue weighted by Crippen LogP contribution is 2.25. The summed E-state index contributed by atoms with van der Waals surface area (Å²) in [5.74, 6) is 1.33. The van der Waals surface area contributed by atoms with Crippen molar-refractivity contribution >= 4 is 17.6 Å². The lowest BCUT2D eigenvalue weighted by molar-refractivity contribution is -0.0504. The zero-order valence-electron chi connectivity index (χ0n) is 16.0. The molecule has 1 aliphatic heterocycles. The van der Waals surface area contributed by atoms with Crippen molar-refractivity contribution in [2.45, 2.75) is 39.8 Å². The standard InChI is InChI=1S/C19H29ClF2N4O/c1-3-23-19(24-11-14-6-5-9-26(4-2)13-14)25-12-15-10-16(20)7-8-17(15)27-18(21)22/h7-8,10,14,18H,3-6,9,11-13H2,1-2H3,(H2,23,24,25). The molecule has 0 radical (unpaired) electrons. The Balaban J connectivity index is 1.99. The number of nitrogens with zero attached hydrogens (tertiary/aromatic N) is 2. The maximum atomic E-state index is 12.6. The first-order valence-electron chi connectivity index (χ1n) is 9.49. The summed E-state index contributed by atoms with van der Waals surface area (Å²) in [5, 5.41) is 7.03. The Morgan fingerprint density at radius 1 is 1.37 bits per heavy atom. The summed E-state index contributed by atoms with van der Waals surface area (Å²) in [4.78, 5) is 6.97. The van der Waals surface area contributed by atoms with Gasteiger partial charge in [-0.2, -0.15) is 8.78 Å². The summed E-state index contributed by atoms with van der Waals surface area (Å²) < 4.78 is 29.7. The Morgan fingerprint density at radius 2 is 2.19 bits per heavy atom. The van der Waals surface area contributed by atoms with E-state index in [1.165, 1.54) is 31.5 Å². The van der Waals surface area contributed by atoms with E-state index in [0.717, 1.165) is 19.6 Å². The lowest BCUT2D eigenvalue weighted by atomic mass is 9.98. The fourth-order valence-electron chi connectivity index (χ4n) is 3.23. The summed E-state index contributed by atoms with van der Waals surface area (Å²) in [6.07, 6.45) is 2.41. The van der Waals surface area contributed by atoms with Gasteiger partial charge in [0.2, 0.25) is 0 Å². The summed E-state index contributed by atoms with van der Waals surface area (Å²) >= 11 is 5.99. The van der Waals surface area contributed by atoms with Crippen molar-refractivity contribution in [1.82, 2.24) is 15.5 Å². The molecule has 1 aromatic carbocycles. The fraction of sp³-hybridized carbons (Fsp3) is 0.632. The Hall–Kier alpha value is -1.60. The number of alkyl halides is 2. The van der Waals surface area contributed by atoms with Gasteiger partial charge in [0.25, 0.3) is 0 Å². The van der Waals surface area contributed by atoms with E-state index in [1.54, 1.807) is 6.07 Å². The molecule has 0 aromatic heterocycles. The van der Waals surface area contributed by atoms with E-state index < -0.39 is 6.61 Å². The van der Waals surface area contributed by atoms with Crippen LogP contribution in [0.5, 0.6) is 5.75 Å². The summed E-state index contributed by atoms with van der Waals surface area (Å²) in [7, 11) is 0. The number of hydrogen-bond donors (Lipinski definition) is 2. The first kappa shape index (κ1) is 21.7. The number of guanidine groups is 1. The van der Waals surface area contributed by atoms with Crippen molar-refractivity contribution in [3.05, 3.63) is 28.8 Å². The minimum absolute atomic E-state index is 0.0971. The number of nitrogens with one attached hydrogen (secondary N) is 2. The van der Waals surface area contributed by atoms with Crippen LogP contribution in [0.15, 0.2) is 23.2 Å². The third kappa shape index (κ3) is 7.50. The number of rotatable bonds is 8. The van der Waals surface area contributed by atoms with Gasteiger partial charge in [0.05, 0.1) is 6.54 Å². The van der Waals surface area contributed by atoms with Crippen molar-refractivity contribution in [2.75, 3.05) is 32.7 Å². The van der Waals surface area contributed by atoms with Gasteiger partial charge in [0.15, 0.2) is 5.96 Å². The van der Waals surface area contributed by atoms with Gasteiger partial charge in [-0.1, -0.05) is 18.5 Å². The Morgan fingerprint density at radius 3 is 2.89 bits per heavy atom.